The molecule has 1 aliphatic rings. The van der Waals surface area contributed by atoms with Gasteiger partial charge in [0.15, 0.2) is 6.29 Å². The van der Waals surface area contributed by atoms with Gasteiger partial charge in [0.05, 0.1) is 6.26 Å². The molecule has 0 aliphatic carbocycles. The van der Waals surface area contributed by atoms with Gasteiger partial charge in [-0.2, -0.15) is 0 Å². The van der Waals surface area contributed by atoms with Crippen molar-refractivity contribution >= 4 is 10.0 Å². The zero-order valence-electron chi connectivity index (χ0n) is 12.8. The first-order valence-corrected chi connectivity index (χ1v) is 9.23. The molecule has 0 bridgehead atoms. The van der Waals surface area contributed by atoms with E-state index in [1.165, 1.54) is 6.26 Å². The highest BCUT2D eigenvalue weighted by molar-refractivity contribution is 7.88. The van der Waals surface area contributed by atoms with Crippen LogP contribution < -0.4 is 5.32 Å². The Morgan fingerprint density at radius 1 is 1.20 bits per heavy atom. The van der Waals surface area contributed by atoms with E-state index < -0.39 is 10.0 Å². The number of hydrogen-bond donors (Lipinski definition) is 1. The van der Waals surface area contributed by atoms with Crippen LogP contribution in [0, 0.1) is 0 Å². The maximum atomic E-state index is 11.4. The molecule has 1 aliphatic heterocycles. The Balaban J connectivity index is 2.21. The molecule has 0 atom stereocenters. The minimum atomic E-state index is -3.03. The summed E-state index contributed by atoms with van der Waals surface area (Å²) < 4.78 is 35.3. The summed E-state index contributed by atoms with van der Waals surface area (Å²) in [6.07, 6.45) is 3.67. The molecule has 0 unspecified atom stereocenters. The third-order valence-electron chi connectivity index (χ3n) is 3.44. The van der Waals surface area contributed by atoms with Crippen LogP contribution in [0.4, 0.5) is 0 Å². The van der Waals surface area contributed by atoms with Crippen LogP contribution in [0.3, 0.4) is 0 Å². The first kappa shape index (κ1) is 17.8. The maximum Gasteiger partial charge on any atom is 0.211 e. The van der Waals surface area contributed by atoms with E-state index >= 15 is 0 Å². The quantitative estimate of drug-likeness (QED) is 0.638. The van der Waals surface area contributed by atoms with Gasteiger partial charge in [0, 0.05) is 45.3 Å². The Kier molecular flexibility index (Phi) is 7.98. The maximum absolute atomic E-state index is 11.4. The van der Waals surface area contributed by atoms with Gasteiger partial charge in [-0.1, -0.05) is 0 Å². The van der Waals surface area contributed by atoms with Crippen molar-refractivity contribution in [2.24, 2.45) is 0 Å². The normalized spacial score (nSPS) is 18.8. The summed E-state index contributed by atoms with van der Waals surface area (Å²) in [6, 6.07) is 0.386. The molecule has 20 heavy (non-hydrogen) atoms. The van der Waals surface area contributed by atoms with E-state index in [-0.39, 0.29) is 6.29 Å². The molecule has 0 aromatic rings. The van der Waals surface area contributed by atoms with Crippen LogP contribution in [0.15, 0.2) is 0 Å². The number of nitrogens with zero attached hydrogens (tertiary/aromatic N) is 1. The molecule has 6 nitrogen and oxygen atoms in total. The predicted molar refractivity (Wildman–Crippen MR) is 79.1 cm³/mol. The largest absolute Gasteiger partial charge is 0.353 e. The summed E-state index contributed by atoms with van der Waals surface area (Å²) in [5.74, 6) is 0. The molecular weight excluding hydrogens is 280 g/mol. The van der Waals surface area contributed by atoms with E-state index in [1.54, 1.807) is 4.31 Å². The minimum absolute atomic E-state index is 0.145. The Hall–Kier alpha value is -0.210. The Labute approximate surface area is 122 Å². The summed E-state index contributed by atoms with van der Waals surface area (Å²) in [4.78, 5) is 0. The van der Waals surface area contributed by atoms with Gasteiger partial charge in [-0.3, -0.25) is 0 Å². The van der Waals surface area contributed by atoms with Gasteiger partial charge in [0.1, 0.15) is 0 Å². The van der Waals surface area contributed by atoms with Gasteiger partial charge in [-0.05, 0) is 26.7 Å². The molecule has 1 N–H and O–H groups in total. The van der Waals surface area contributed by atoms with Gasteiger partial charge in [0.2, 0.25) is 10.0 Å². The molecule has 0 spiro atoms. The van der Waals surface area contributed by atoms with Gasteiger partial charge in [-0.15, -0.1) is 0 Å². The second-order valence-corrected chi connectivity index (χ2v) is 7.00. The lowest BCUT2D eigenvalue weighted by Crippen LogP contribution is -2.45. The fourth-order valence-corrected chi connectivity index (χ4v) is 3.26. The highest BCUT2D eigenvalue weighted by Gasteiger charge is 2.24. The summed E-state index contributed by atoms with van der Waals surface area (Å²) in [5.41, 5.74) is 0. The number of nitrogens with one attached hydrogen (secondary N) is 1. The van der Waals surface area contributed by atoms with Crippen molar-refractivity contribution in [3.8, 4) is 0 Å². The fraction of sp³-hybridized carbons (Fsp3) is 1.00. The third-order valence-corrected chi connectivity index (χ3v) is 4.74. The Morgan fingerprint density at radius 3 is 2.20 bits per heavy atom. The van der Waals surface area contributed by atoms with Crippen molar-refractivity contribution in [1.82, 2.24) is 9.62 Å². The van der Waals surface area contributed by atoms with Gasteiger partial charge in [-0.25, -0.2) is 12.7 Å². The molecule has 120 valence electrons. The lowest BCUT2D eigenvalue weighted by atomic mass is 10.1. The van der Waals surface area contributed by atoms with E-state index in [0.29, 0.717) is 32.3 Å². The van der Waals surface area contributed by atoms with Crippen molar-refractivity contribution in [2.75, 3.05) is 39.1 Å². The van der Waals surface area contributed by atoms with Gasteiger partial charge >= 0.3 is 0 Å². The van der Waals surface area contributed by atoms with Crippen molar-refractivity contribution in [3.63, 3.8) is 0 Å². The molecule has 0 radical (unpaired) electrons. The summed E-state index contributed by atoms with van der Waals surface area (Å²) in [6.45, 7) is 7.26. The van der Waals surface area contributed by atoms with Crippen LogP contribution in [-0.4, -0.2) is 64.2 Å². The van der Waals surface area contributed by atoms with E-state index in [1.807, 2.05) is 13.8 Å². The number of ether oxygens (including phenoxy) is 2. The average molecular weight is 308 g/mol. The van der Waals surface area contributed by atoms with Crippen molar-refractivity contribution in [3.05, 3.63) is 0 Å². The number of sulfonamides is 1. The standard InChI is InChI=1S/C13H28N2O4S/c1-4-18-13(19-5-2)6-9-14-12-7-10-15(11-8-12)20(3,16)17/h12-14H,4-11H2,1-3H3. The van der Waals surface area contributed by atoms with Crippen molar-refractivity contribution in [1.29, 1.82) is 0 Å². The lowest BCUT2D eigenvalue weighted by molar-refractivity contribution is -0.138. The molecule has 1 saturated heterocycles. The first-order valence-electron chi connectivity index (χ1n) is 7.39. The van der Waals surface area contributed by atoms with Crippen LogP contribution in [0.25, 0.3) is 0 Å². The van der Waals surface area contributed by atoms with E-state index in [4.69, 9.17) is 9.47 Å². The molecule has 1 rings (SSSR count). The van der Waals surface area contributed by atoms with Crippen LogP contribution in [0.2, 0.25) is 0 Å². The minimum Gasteiger partial charge on any atom is -0.353 e. The number of hydrogen-bond acceptors (Lipinski definition) is 5. The molecule has 0 aromatic heterocycles. The molecule has 0 aromatic carbocycles. The van der Waals surface area contributed by atoms with Gasteiger partial charge in [0.25, 0.3) is 0 Å². The SMILES string of the molecule is CCOC(CCNC1CCN(S(C)(=O)=O)CC1)OCC. The highest BCUT2D eigenvalue weighted by Crippen LogP contribution is 2.13. The van der Waals surface area contributed by atoms with Crippen LogP contribution >= 0.6 is 0 Å². The smallest absolute Gasteiger partial charge is 0.211 e. The Morgan fingerprint density at radius 2 is 1.75 bits per heavy atom. The second kappa shape index (κ2) is 8.94. The first-order chi connectivity index (χ1) is 9.47. The number of rotatable bonds is 9. The van der Waals surface area contributed by atoms with E-state index in [9.17, 15) is 8.42 Å². The molecular formula is C13H28N2O4S. The predicted octanol–water partition coefficient (Wildman–Crippen LogP) is 0.789. The van der Waals surface area contributed by atoms with Crippen molar-refractivity contribution < 1.29 is 17.9 Å². The lowest BCUT2D eigenvalue weighted by Gasteiger charge is -2.31. The second-order valence-electron chi connectivity index (χ2n) is 5.02. The topological polar surface area (TPSA) is 67.9 Å². The van der Waals surface area contributed by atoms with E-state index in [0.717, 1.165) is 25.8 Å². The van der Waals surface area contributed by atoms with Crippen LogP contribution in [0.5, 0.6) is 0 Å². The highest BCUT2D eigenvalue weighted by atomic mass is 32.2. The summed E-state index contributed by atoms with van der Waals surface area (Å²) >= 11 is 0. The van der Waals surface area contributed by atoms with Crippen LogP contribution in [0.1, 0.15) is 33.1 Å². The zero-order chi connectivity index (χ0) is 15.0. The number of piperidine rings is 1. The third kappa shape index (κ3) is 6.49. The molecule has 7 heteroatoms. The van der Waals surface area contributed by atoms with E-state index in [2.05, 4.69) is 5.32 Å². The summed E-state index contributed by atoms with van der Waals surface area (Å²) in [7, 11) is -3.03. The molecule has 0 amide bonds. The summed E-state index contributed by atoms with van der Waals surface area (Å²) in [5, 5.41) is 3.46. The zero-order valence-corrected chi connectivity index (χ0v) is 13.6. The average Bonchev–Trinajstić information content (AvgIpc) is 2.39. The van der Waals surface area contributed by atoms with Crippen molar-refractivity contribution in [2.45, 2.75) is 45.4 Å². The fourth-order valence-electron chi connectivity index (χ4n) is 2.38. The van der Waals surface area contributed by atoms with Crippen LogP contribution in [-0.2, 0) is 19.5 Å². The Bertz CT molecular complexity index is 347. The molecule has 1 heterocycles. The monoisotopic (exact) mass is 308 g/mol. The molecule has 0 saturated carbocycles. The molecule has 1 fully saturated rings. The van der Waals surface area contributed by atoms with Gasteiger partial charge < -0.3 is 14.8 Å².